The molecule has 2 nitrogen and oxygen atoms in total. The molecule has 11 aromatic rings. The van der Waals surface area contributed by atoms with Gasteiger partial charge in [-0.15, -0.1) is 11.3 Å². The van der Waals surface area contributed by atoms with Crippen LogP contribution in [0.1, 0.15) is 0 Å². The number of fused-ring (bicyclic) bond motifs is 8. The van der Waals surface area contributed by atoms with E-state index in [9.17, 15) is 0 Å². The first-order chi connectivity index (χ1) is 27.3. The molecule has 0 radical (unpaired) electrons. The highest BCUT2D eigenvalue weighted by atomic mass is 32.1. The lowest BCUT2D eigenvalue weighted by Crippen LogP contribution is -2.10. The molecule has 258 valence electrons. The maximum absolute atomic E-state index is 6.93. The van der Waals surface area contributed by atoms with Crippen LogP contribution >= 0.6 is 11.3 Å². The minimum atomic E-state index is 0.869. The molecule has 0 saturated carbocycles. The number of para-hydroxylation sites is 1. The van der Waals surface area contributed by atoms with Crippen LogP contribution in [0, 0.1) is 0 Å². The summed E-state index contributed by atoms with van der Waals surface area (Å²) < 4.78 is 9.47. The first-order valence-electron chi connectivity index (χ1n) is 18.7. The van der Waals surface area contributed by atoms with Gasteiger partial charge in [-0.25, -0.2) is 0 Å². The zero-order valence-corrected chi connectivity index (χ0v) is 30.6. The second-order valence-corrected chi connectivity index (χ2v) is 15.1. The third kappa shape index (κ3) is 5.24. The number of anilines is 3. The number of thiophene rings is 1. The van der Waals surface area contributed by atoms with Crippen LogP contribution in [0.15, 0.2) is 205 Å². The summed E-state index contributed by atoms with van der Waals surface area (Å²) in [6, 6.07) is 72.0. The summed E-state index contributed by atoms with van der Waals surface area (Å²) in [5.41, 5.74) is 12.1. The summed E-state index contributed by atoms with van der Waals surface area (Å²) in [5, 5.41) is 7.17. The topological polar surface area (TPSA) is 16.4 Å². The molecule has 11 rings (SSSR count). The Labute approximate surface area is 322 Å². The Hall–Kier alpha value is -6.94. The third-order valence-corrected chi connectivity index (χ3v) is 12.0. The molecular formula is C52H33NOS. The van der Waals surface area contributed by atoms with Crippen LogP contribution in [0.5, 0.6) is 0 Å². The van der Waals surface area contributed by atoms with Crippen LogP contribution in [-0.2, 0) is 0 Å². The van der Waals surface area contributed by atoms with Crippen molar-refractivity contribution in [3.63, 3.8) is 0 Å². The van der Waals surface area contributed by atoms with Gasteiger partial charge in [-0.3, -0.25) is 0 Å². The third-order valence-electron chi connectivity index (χ3n) is 10.9. The molecular weight excluding hydrogens is 687 g/mol. The molecule has 0 bridgehead atoms. The van der Waals surface area contributed by atoms with Gasteiger partial charge in [0.1, 0.15) is 11.2 Å². The highest BCUT2D eigenvalue weighted by molar-refractivity contribution is 7.26. The molecule has 55 heavy (non-hydrogen) atoms. The second kappa shape index (κ2) is 12.9. The van der Waals surface area contributed by atoms with Crippen LogP contribution < -0.4 is 4.90 Å². The molecule has 0 aliphatic heterocycles. The van der Waals surface area contributed by atoms with Gasteiger partial charge in [0.2, 0.25) is 0 Å². The predicted molar refractivity (Wildman–Crippen MR) is 235 cm³/mol. The van der Waals surface area contributed by atoms with Crippen molar-refractivity contribution < 1.29 is 4.42 Å². The van der Waals surface area contributed by atoms with Gasteiger partial charge in [0.25, 0.3) is 0 Å². The number of furan rings is 1. The van der Waals surface area contributed by atoms with Crippen molar-refractivity contribution in [1.29, 1.82) is 0 Å². The standard InChI is InChI=1S/C52H33NOS/c1-4-14-34(15-5-1)35-26-28-38(29-27-35)53(39-30-31-44-49(32-39)55-48-25-13-22-40(51(44)48)36-16-6-2-7-17-36)46-33-47-50(43-21-11-10-20-42(43)46)45-24-12-23-41(52(45)54-47)37-18-8-3-9-19-37/h1-33H. The first-order valence-corrected chi connectivity index (χ1v) is 19.5. The summed E-state index contributed by atoms with van der Waals surface area (Å²) in [6.45, 7) is 0. The molecule has 2 heterocycles. The highest BCUT2D eigenvalue weighted by Gasteiger charge is 2.22. The Kier molecular flexibility index (Phi) is 7.39. The molecule has 0 spiro atoms. The zero-order chi connectivity index (χ0) is 36.3. The maximum atomic E-state index is 6.93. The Morgan fingerprint density at radius 2 is 0.945 bits per heavy atom. The van der Waals surface area contributed by atoms with Gasteiger partial charge in [0.15, 0.2) is 0 Å². The van der Waals surface area contributed by atoms with Crippen molar-refractivity contribution in [1.82, 2.24) is 0 Å². The summed E-state index contributed by atoms with van der Waals surface area (Å²) in [6.07, 6.45) is 0. The fourth-order valence-electron chi connectivity index (χ4n) is 8.35. The van der Waals surface area contributed by atoms with E-state index in [0.29, 0.717) is 0 Å². The van der Waals surface area contributed by atoms with Gasteiger partial charge in [-0.2, -0.15) is 0 Å². The van der Waals surface area contributed by atoms with Crippen LogP contribution in [-0.4, -0.2) is 0 Å². The molecule has 0 aliphatic rings. The van der Waals surface area contributed by atoms with E-state index in [1.807, 2.05) is 11.3 Å². The largest absolute Gasteiger partial charge is 0.455 e. The van der Waals surface area contributed by atoms with Crippen molar-refractivity contribution in [2.75, 3.05) is 4.90 Å². The highest BCUT2D eigenvalue weighted by Crippen LogP contribution is 2.48. The molecule has 0 unspecified atom stereocenters. The van der Waals surface area contributed by atoms with E-state index in [4.69, 9.17) is 4.42 Å². The van der Waals surface area contributed by atoms with Gasteiger partial charge in [0, 0.05) is 59.3 Å². The second-order valence-electron chi connectivity index (χ2n) is 14.0. The monoisotopic (exact) mass is 719 g/mol. The Morgan fingerprint density at radius 1 is 0.364 bits per heavy atom. The van der Waals surface area contributed by atoms with E-state index in [1.165, 1.54) is 47.8 Å². The van der Waals surface area contributed by atoms with Crippen molar-refractivity contribution >= 4 is 81.3 Å². The molecule has 0 amide bonds. The molecule has 0 atom stereocenters. The molecule has 0 N–H and O–H groups in total. The van der Waals surface area contributed by atoms with Crippen LogP contribution in [0.25, 0.3) is 86.3 Å². The SMILES string of the molecule is c1ccc(-c2ccc(N(c3ccc4c(c3)sc3cccc(-c5ccccc5)c34)c3cc4oc5c(-c6ccccc6)cccc5c4c4ccccc34)cc2)cc1. The zero-order valence-electron chi connectivity index (χ0n) is 29.8. The predicted octanol–water partition coefficient (Wildman–Crippen LogP) is 15.6. The van der Waals surface area contributed by atoms with Crippen molar-refractivity contribution in [2.45, 2.75) is 0 Å². The van der Waals surface area contributed by atoms with Crippen molar-refractivity contribution in [2.24, 2.45) is 0 Å². The van der Waals surface area contributed by atoms with Gasteiger partial charge >= 0.3 is 0 Å². The van der Waals surface area contributed by atoms with Crippen LogP contribution in [0.2, 0.25) is 0 Å². The van der Waals surface area contributed by atoms with E-state index in [0.717, 1.165) is 55.5 Å². The normalized spacial score (nSPS) is 11.6. The summed E-state index contributed by atoms with van der Waals surface area (Å²) in [7, 11) is 0. The van der Waals surface area contributed by atoms with E-state index in [1.54, 1.807) is 0 Å². The quantitative estimate of drug-likeness (QED) is 0.170. The number of hydrogen-bond donors (Lipinski definition) is 0. The van der Waals surface area contributed by atoms with E-state index < -0.39 is 0 Å². The lowest BCUT2D eigenvalue weighted by Gasteiger charge is -2.27. The fraction of sp³-hybridized carbons (Fsp3) is 0. The van der Waals surface area contributed by atoms with Gasteiger partial charge in [-0.1, -0.05) is 164 Å². The van der Waals surface area contributed by atoms with E-state index >= 15 is 0 Å². The number of benzene rings is 9. The lowest BCUT2D eigenvalue weighted by molar-refractivity contribution is 0.670. The van der Waals surface area contributed by atoms with E-state index in [-0.39, 0.29) is 0 Å². The molecule has 0 saturated heterocycles. The minimum Gasteiger partial charge on any atom is -0.455 e. The van der Waals surface area contributed by atoms with Gasteiger partial charge < -0.3 is 9.32 Å². The maximum Gasteiger partial charge on any atom is 0.143 e. The molecule has 3 heteroatoms. The fourth-order valence-corrected chi connectivity index (χ4v) is 9.51. The summed E-state index contributed by atoms with van der Waals surface area (Å²) in [5.74, 6) is 0. The Morgan fingerprint density at radius 3 is 1.69 bits per heavy atom. The minimum absolute atomic E-state index is 0.869. The molecule has 9 aromatic carbocycles. The number of rotatable bonds is 6. The average Bonchev–Trinajstić information content (AvgIpc) is 3.83. The first kappa shape index (κ1) is 31.6. The Bertz CT molecular complexity index is 3180. The van der Waals surface area contributed by atoms with Crippen molar-refractivity contribution in [3.8, 4) is 33.4 Å². The Balaban J connectivity index is 1.16. The van der Waals surface area contributed by atoms with Crippen LogP contribution in [0.4, 0.5) is 17.1 Å². The average molecular weight is 720 g/mol. The number of hydrogen-bond acceptors (Lipinski definition) is 3. The molecule has 0 fully saturated rings. The molecule has 0 aliphatic carbocycles. The van der Waals surface area contributed by atoms with E-state index in [2.05, 4.69) is 205 Å². The number of nitrogens with zero attached hydrogens (tertiary/aromatic N) is 1. The smallest absolute Gasteiger partial charge is 0.143 e. The van der Waals surface area contributed by atoms with Crippen LogP contribution in [0.3, 0.4) is 0 Å². The van der Waals surface area contributed by atoms with Gasteiger partial charge in [-0.05, 0) is 63.5 Å². The summed E-state index contributed by atoms with van der Waals surface area (Å²) in [4.78, 5) is 2.41. The summed E-state index contributed by atoms with van der Waals surface area (Å²) >= 11 is 1.86. The van der Waals surface area contributed by atoms with Crippen molar-refractivity contribution in [3.05, 3.63) is 200 Å². The molecule has 2 aromatic heterocycles. The van der Waals surface area contributed by atoms with Gasteiger partial charge in [0.05, 0.1) is 5.69 Å². The lowest BCUT2D eigenvalue weighted by atomic mass is 9.98.